The molecule has 0 amide bonds. The average Bonchev–Trinajstić information content (AvgIpc) is 2.40. The highest BCUT2D eigenvalue weighted by Crippen LogP contribution is 2.27. The fraction of sp³-hybridized carbons (Fsp3) is 0.308. The highest BCUT2D eigenvalue weighted by Gasteiger charge is 2.18. The number of pyridine rings is 1. The Labute approximate surface area is 106 Å². The zero-order valence-electron chi connectivity index (χ0n) is 10.7. The summed E-state index contributed by atoms with van der Waals surface area (Å²) in [6.45, 7) is 3.77. The van der Waals surface area contributed by atoms with Crippen LogP contribution < -0.4 is 10.5 Å². The molecule has 0 aromatic carbocycles. The van der Waals surface area contributed by atoms with E-state index in [4.69, 9.17) is 10.5 Å². The van der Waals surface area contributed by atoms with Crippen molar-refractivity contribution >= 4 is 0 Å². The number of nitrogens with two attached hydrogens (primary N) is 1. The summed E-state index contributed by atoms with van der Waals surface area (Å²) in [5.74, 6) is 0.680. The zero-order valence-corrected chi connectivity index (χ0v) is 10.7. The first-order valence-electron chi connectivity index (χ1n) is 5.68. The molecule has 0 radical (unpaired) electrons. The topological polar surface area (TPSA) is 73.9 Å². The standard InChI is InChI=1S/C13H16N4O/c1-8-7-10(9(2)17-16-8)12(14)13-11(18-3)5-4-6-15-13/h4-7,12H,14H2,1-3H3. The molecule has 18 heavy (non-hydrogen) atoms. The third-order valence-corrected chi connectivity index (χ3v) is 2.79. The van der Waals surface area contributed by atoms with Crippen molar-refractivity contribution in [2.45, 2.75) is 19.9 Å². The quantitative estimate of drug-likeness (QED) is 0.886. The molecule has 5 nitrogen and oxygen atoms in total. The zero-order chi connectivity index (χ0) is 13.1. The van der Waals surface area contributed by atoms with E-state index < -0.39 is 0 Å². The summed E-state index contributed by atoms with van der Waals surface area (Å²) < 4.78 is 5.28. The molecule has 94 valence electrons. The Morgan fingerprint density at radius 3 is 2.78 bits per heavy atom. The van der Waals surface area contributed by atoms with Gasteiger partial charge in [-0.1, -0.05) is 0 Å². The number of hydrogen-bond donors (Lipinski definition) is 1. The Morgan fingerprint density at radius 1 is 1.28 bits per heavy atom. The minimum absolute atomic E-state index is 0.365. The van der Waals surface area contributed by atoms with Gasteiger partial charge in [-0.3, -0.25) is 4.98 Å². The molecule has 0 bridgehead atoms. The predicted molar refractivity (Wildman–Crippen MR) is 68.3 cm³/mol. The Kier molecular flexibility index (Phi) is 3.53. The third kappa shape index (κ3) is 2.31. The molecule has 0 saturated carbocycles. The molecule has 2 N–H and O–H groups in total. The van der Waals surface area contributed by atoms with Gasteiger partial charge in [-0.2, -0.15) is 10.2 Å². The summed E-state index contributed by atoms with van der Waals surface area (Å²) in [5.41, 5.74) is 9.51. The fourth-order valence-corrected chi connectivity index (χ4v) is 1.84. The van der Waals surface area contributed by atoms with Gasteiger partial charge in [0.25, 0.3) is 0 Å². The Morgan fingerprint density at radius 2 is 2.06 bits per heavy atom. The largest absolute Gasteiger partial charge is 0.495 e. The van der Waals surface area contributed by atoms with Gasteiger partial charge in [-0.15, -0.1) is 0 Å². The van der Waals surface area contributed by atoms with Crippen LogP contribution >= 0.6 is 0 Å². The molecule has 0 aliphatic carbocycles. The summed E-state index contributed by atoms with van der Waals surface area (Å²) in [7, 11) is 1.61. The van der Waals surface area contributed by atoms with Crippen molar-refractivity contribution in [1.29, 1.82) is 0 Å². The van der Waals surface area contributed by atoms with E-state index >= 15 is 0 Å². The smallest absolute Gasteiger partial charge is 0.142 e. The van der Waals surface area contributed by atoms with Crippen molar-refractivity contribution in [3.63, 3.8) is 0 Å². The molecule has 0 fully saturated rings. The van der Waals surface area contributed by atoms with E-state index in [9.17, 15) is 0 Å². The van der Waals surface area contributed by atoms with Crippen molar-refractivity contribution in [3.8, 4) is 5.75 Å². The predicted octanol–water partition coefficient (Wildman–Crippen LogP) is 1.55. The number of methoxy groups -OCH3 is 1. The van der Waals surface area contributed by atoms with E-state index in [-0.39, 0.29) is 6.04 Å². The van der Waals surface area contributed by atoms with Crippen LogP contribution in [0.5, 0.6) is 5.75 Å². The lowest BCUT2D eigenvalue weighted by Gasteiger charge is -2.16. The summed E-state index contributed by atoms with van der Waals surface area (Å²) >= 11 is 0. The van der Waals surface area contributed by atoms with Crippen molar-refractivity contribution in [2.75, 3.05) is 7.11 Å². The van der Waals surface area contributed by atoms with E-state index in [1.54, 1.807) is 13.3 Å². The van der Waals surface area contributed by atoms with Gasteiger partial charge in [0.1, 0.15) is 11.4 Å². The molecular weight excluding hydrogens is 228 g/mol. The molecule has 2 heterocycles. The Bertz CT molecular complexity index is 556. The van der Waals surface area contributed by atoms with Crippen LogP contribution in [0.3, 0.4) is 0 Å². The average molecular weight is 244 g/mol. The molecule has 2 aromatic rings. The number of rotatable bonds is 3. The van der Waals surface area contributed by atoms with Gasteiger partial charge in [0, 0.05) is 6.20 Å². The fourth-order valence-electron chi connectivity index (χ4n) is 1.84. The maximum Gasteiger partial charge on any atom is 0.142 e. The van der Waals surface area contributed by atoms with Crippen molar-refractivity contribution in [2.24, 2.45) is 5.73 Å². The Hall–Kier alpha value is -2.01. The van der Waals surface area contributed by atoms with Gasteiger partial charge in [0.15, 0.2) is 0 Å². The summed E-state index contributed by atoms with van der Waals surface area (Å²) in [6, 6.07) is 5.23. The highest BCUT2D eigenvalue weighted by molar-refractivity contribution is 5.37. The summed E-state index contributed by atoms with van der Waals surface area (Å²) in [5, 5.41) is 8.08. The number of nitrogens with zero attached hydrogens (tertiary/aromatic N) is 3. The second-order valence-corrected chi connectivity index (χ2v) is 4.10. The number of aryl methyl sites for hydroxylation is 2. The van der Waals surface area contributed by atoms with Crippen molar-refractivity contribution in [1.82, 2.24) is 15.2 Å². The number of hydrogen-bond acceptors (Lipinski definition) is 5. The SMILES string of the molecule is COc1cccnc1C(N)c1cc(C)nnc1C. The first-order valence-corrected chi connectivity index (χ1v) is 5.68. The third-order valence-electron chi connectivity index (χ3n) is 2.79. The lowest BCUT2D eigenvalue weighted by molar-refractivity contribution is 0.404. The first kappa shape index (κ1) is 12.4. The molecule has 1 unspecified atom stereocenters. The van der Waals surface area contributed by atoms with Crippen molar-refractivity contribution < 1.29 is 4.74 Å². The van der Waals surface area contributed by atoms with Crippen LogP contribution in [0.2, 0.25) is 0 Å². The normalized spacial score (nSPS) is 12.2. The monoisotopic (exact) mass is 244 g/mol. The van der Waals surface area contributed by atoms with Gasteiger partial charge in [0.05, 0.1) is 24.5 Å². The molecule has 0 aliphatic rings. The van der Waals surface area contributed by atoms with Gasteiger partial charge in [-0.25, -0.2) is 0 Å². The van der Waals surface area contributed by atoms with Gasteiger partial charge in [-0.05, 0) is 37.6 Å². The summed E-state index contributed by atoms with van der Waals surface area (Å²) in [6.07, 6.45) is 1.70. The van der Waals surface area contributed by atoms with Gasteiger partial charge < -0.3 is 10.5 Å². The van der Waals surface area contributed by atoms with E-state index in [1.807, 2.05) is 32.0 Å². The van der Waals surface area contributed by atoms with Crippen LogP contribution in [0.15, 0.2) is 24.4 Å². The number of ether oxygens (including phenoxy) is 1. The maximum atomic E-state index is 6.25. The van der Waals surface area contributed by atoms with Crippen LogP contribution in [0.1, 0.15) is 28.7 Å². The molecule has 2 rings (SSSR count). The minimum Gasteiger partial charge on any atom is -0.495 e. The molecule has 0 spiro atoms. The van der Waals surface area contributed by atoms with E-state index in [2.05, 4.69) is 15.2 Å². The lowest BCUT2D eigenvalue weighted by atomic mass is 10.0. The molecule has 0 saturated heterocycles. The lowest BCUT2D eigenvalue weighted by Crippen LogP contribution is -2.17. The first-order chi connectivity index (χ1) is 8.63. The van der Waals surface area contributed by atoms with Gasteiger partial charge >= 0.3 is 0 Å². The van der Waals surface area contributed by atoms with E-state index in [0.717, 1.165) is 17.0 Å². The summed E-state index contributed by atoms with van der Waals surface area (Å²) in [4.78, 5) is 4.30. The van der Waals surface area contributed by atoms with Crippen LogP contribution in [-0.4, -0.2) is 22.3 Å². The van der Waals surface area contributed by atoms with Crippen LogP contribution in [0, 0.1) is 13.8 Å². The maximum absolute atomic E-state index is 6.25. The van der Waals surface area contributed by atoms with Crippen LogP contribution in [-0.2, 0) is 0 Å². The molecule has 1 atom stereocenters. The van der Waals surface area contributed by atoms with E-state index in [0.29, 0.717) is 11.4 Å². The van der Waals surface area contributed by atoms with E-state index in [1.165, 1.54) is 0 Å². The van der Waals surface area contributed by atoms with Crippen LogP contribution in [0.25, 0.3) is 0 Å². The second kappa shape index (κ2) is 5.10. The molecule has 5 heteroatoms. The minimum atomic E-state index is -0.365. The molecule has 0 aliphatic heterocycles. The molecular formula is C13H16N4O. The van der Waals surface area contributed by atoms with Gasteiger partial charge in [0.2, 0.25) is 0 Å². The van der Waals surface area contributed by atoms with Crippen molar-refractivity contribution in [3.05, 3.63) is 47.0 Å². The van der Waals surface area contributed by atoms with Crippen LogP contribution in [0.4, 0.5) is 0 Å². The Balaban J connectivity index is 2.47. The number of aromatic nitrogens is 3. The molecule has 2 aromatic heterocycles. The second-order valence-electron chi connectivity index (χ2n) is 4.10. The highest BCUT2D eigenvalue weighted by atomic mass is 16.5.